The van der Waals surface area contributed by atoms with Crippen molar-refractivity contribution in [3.05, 3.63) is 0 Å². The molecule has 0 heterocycles. The van der Waals surface area contributed by atoms with Gasteiger partial charge in [-0.25, -0.2) is 0 Å². The molecule has 0 radical (unpaired) electrons. The molecule has 0 saturated heterocycles. The van der Waals surface area contributed by atoms with Crippen molar-refractivity contribution in [3.63, 3.8) is 0 Å². The van der Waals surface area contributed by atoms with E-state index in [-0.39, 0.29) is 4.75 Å². The highest BCUT2D eigenvalue weighted by Crippen LogP contribution is 2.36. The SMILES string of the molecule is CCCCC1(S(=O)[O-])CCCCC1. The normalized spacial score (nSPS) is 24.2. The Labute approximate surface area is 83.4 Å². The minimum absolute atomic E-state index is 0.353. The van der Waals surface area contributed by atoms with E-state index >= 15 is 0 Å². The minimum Gasteiger partial charge on any atom is -0.772 e. The van der Waals surface area contributed by atoms with Crippen LogP contribution in [-0.2, 0) is 11.1 Å². The summed E-state index contributed by atoms with van der Waals surface area (Å²) in [5.41, 5.74) is 0. The molecule has 0 aromatic carbocycles. The van der Waals surface area contributed by atoms with Gasteiger partial charge in [0.1, 0.15) is 0 Å². The smallest absolute Gasteiger partial charge is 0.0327 e. The van der Waals surface area contributed by atoms with Crippen molar-refractivity contribution < 1.29 is 8.76 Å². The van der Waals surface area contributed by atoms with E-state index in [9.17, 15) is 8.76 Å². The fraction of sp³-hybridized carbons (Fsp3) is 1.00. The van der Waals surface area contributed by atoms with Crippen molar-refractivity contribution in [1.29, 1.82) is 0 Å². The van der Waals surface area contributed by atoms with Gasteiger partial charge in [-0.15, -0.1) is 0 Å². The van der Waals surface area contributed by atoms with Crippen LogP contribution in [0.3, 0.4) is 0 Å². The monoisotopic (exact) mass is 203 g/mol. The summed E-state index contributed by atoms with van der Waals surface area (Å²) >= 11 is -1.86. The fourth-order valence-electron chi connectivity index (χ4n) is 2.20. The average molecular weight is 203 g/mol. The van der Waals surface area contributed by atoms with Crippen molar-refractivity contribution in [2.24, 2.45) is 0 Å². The van der Waals surface area contributed by atoms with E-state index in [4.69, 9.17) is 0 Å². The van der Waals surface area contributed by atoms with E-state index in [1.165, 1.54) is 6.42 Å². The van der Waals surface area contributed by atoms with Gasteiger partial charge in [0.15, 0.2) is 0 Å². The Kier molecular flexibility index (Phi) is 4.39. The van der Waals surface area contributed by atoms with Gasteiger partial charge in [-0.2, -0.15) is 0 Å². The second kappa shape index (κ2) is 5.11. The molecule has 1 aliphatic rings. The first kappa shape index (κ1) is 11.2. The molecule has 1 saturated carbocycles. The van der Waals surface area contributed by atoms with Gasteiger partial charge in [-0.3, -0.25) is 4.21 Å². The topological polar surface area (TPSA) is 40.1 Å². The van der Waals surface area contributed by atoms with Crippen LogP contribution in [0.1, 0.15) is 58.3 Å². The zero-order valence-electron chi connectivity index (χ0n) is 8.38. The molecule has 0 aromatic rings. The maximum Gasteiger partial charge on any atom is 0.0327 e. The highest BCUT2D eigenvalue weighted by atomic mass is 32.2. The standard InChI is InChI=1S/C10H20O2S/c1-2-3-7-10(13(11)12)8-5-4-6-9-10/h2-9H2,1H3,(H,11,12)/p-1. The molecule has 0 bridgehead atoms. The molecule has 0 spiro atoms. The molecule has 3 heteroatoms. The van der Waals surface area contributed by atoms with E-state index in [0.717, 1.165) is 44.9 Å². The van der Waals surface area contributed by atoms with Gasteiger partial charge in [0.25, 0.3) is 0 Å². The quantitative estimate of drug-likeness (QED) is 0.659. The van der Waals surface area contributed by atoms with Crippen molar-refractivity contribution in [3.8, 4) is 0 Å². The summed E-state index contributed by atoms with van der Waals surface area (Å²) in [6.45, 7) is 2.12. The zero-order valence-corrected chi connectivity index (χ0v) is 9.20. The number of unbranched alkanes of at least 4 members (excludes halogenated alkanes) is 1. The van der Waals surface area contributed by atoms with Gasteiger partial charge in [0.05, 0.1) is 0 Å². The Morgan fingerprint density at radius 1 is 1.31 bits per heavy atom. The first-order valence-electron chi connectivity index (χ1n) is 5.31. The lowest BCUT2D eigenvalue weighted by atomic mass is 9.85. The predicted molar refractivity (Wildman–Crippen MR) is 54.3 cm³/mol. The first-order valence-corrected chi connectivity index (χ1v) is 6.38. The molecule has 1 rings (SSSR count). The molecule has 0 amide bonds. The molecule has 0 N–H and O–H groups in total. The summed E-state index contributed by atoms with van der Waals surface area (Å²) in [4.78, 5) is 0. The molecule has 2 nitrogen and oxygen atoms in total. The number of hydrogen-bond acceptors (Lipinski definition) is 2. The van der Waals surface area contributed by atoms with Crippen LogP contribution in [0.4, 0.5) is 0 Å². The molecule has 0 aliphatic heterocycles. The van der Waals surface area contributed by atoms with Gasteiger partial charge in [-0.1, -0.05) is 39.0 Å². The first-order chi connectivity index (χ1) is 6.21. The second-order valence-corrected chi connectivity index (χ2v) is 5.42. The van der Waals surface area contributed by atoms with Crippen LogP contribution in [0.2, 0.25) is 0 Å². The number of hydrogen-bond donors (Lipinski definition) is 0. The minimum atomic E-state index is -1.86. The van der Waals surface area contributed by atoms with E-state index in [1.54, 1.807) is 0 Å². The maximum absolute atomic E-state index is 11.2. The fourth-order valence-corrected chi connectivity index (χ4v) is 3.13. The lowest BCUT2D eigenvalue weighted by molar-refractivity contribution is 0.337. The van der Waals surface area contributed by atoms with Crippen molar-refractivity contribution in [1.82, 2.24) is 0 Å². The molecule has 1 atom stereocenters. The third-order valence-corrected chi connectivity index (χ3v) is 4.42. The molecular formula is C10H19O2S-. The van der Waals surface area contributed by atoms with Gasteiger partial charge < -0.3 is 4.55 Å². The molecule has 0 aromatic heterocycles. The Balaban J connectivity index is 2.56. The molecular weight excluding hydrogens is 184 g/mol. The molecule has 1 fully saturated rings. The van der Waals surface area contributed by atoms with E-state index < -0.39 is 11.1 Å². The Bertz CT molecular complexity index is 174. The summed E-state index contributed by atoms with van der Waals surface area (Å²) in [5, 5.41) is 0. The van der Waals surface area contributed by atoms with Crippen LogP contribution in [0.15, 0.2) is 0 Å². The van der Waals surface area contributed by atoms with Crippen LogP contribution >= 0.6 is 0 Å². The van der Waals surface area contributed by atoms with Crippen molar-refractivity contribution in [2.45, 2.75) is 63.0 Å². The predicted octanol–water partition coefficient (Wildman–Crippen LogP) is 2.76. The van der Waals surface area contributed by atoms with Crippen LogP contribution in [0, 0.1) is 0 Å². The summed E-state index contributed by atoms with van der Waals surface area (Å²) in [6.07, 6.45) is 8.21. The van der Waals surface area contributed by atoms with Crippen LogP contribution in [0.5, 0.6) is 0 Å². The Morgan fingerprint density at radius 3 is 2.38 bits per heavy atom. The third-order valence-electron chi connectivity index (χ3n) is 3.10. The Morgan fingerprint density at radius 2 is 1.92 bits per heavy atom. The third kappa shape index (κ3) is 2.78. The van der Waals surface area contributed by atoms with Crippen molar-refractivity contribution in [2.75, 3.05) is 0 Å². The van der Waals surface area contributed by atoms with Crippen LogP contribution < -0.4 is 0 Å². The molecule has 13 heavy (non-hydrogen) atoms. The summed E-state index contributed by atoms with van der Waals surface area (Å²) < 4.78 is 22.0. The highest BCUT2D eigenvalue weighted by molar-refractivity contribution is 7.80. The van der Waals surface area contributed by atoms with Crippen LogP contribution in [-0.4, -0.2) is 13.5 Å². The van der Waals surface area contributed by atoms with Crippen LogP contribution in [0.25, 0.3) is 0 Å². The lowest BCUT2D eigenvalue weighted by Gasteiger charge is -2.39. The highest BCUT2D eigenvalue weighted by Gasteiger charge is 2.32. The van der Waals surface area contributed by atoms with Gasteiger partial charge in [-0.05, 0) is 30.3 Å². The molecule has 1 unspecified atom stereocenters. The van der Waals surface area contributed by atoms with Gasteiger partial charge >= 0.3 is 0 Å². The van der Waals surface area contributed by atoms with Gasteiger partial charge in [0.2, 0.25) is 0 Å². The Hall–Kier alpha value is 0.110. The van der Waals surface area contributed by atoms with Gasteiger partial charge in [0, 0.05) is 4.75 Å². The summed E-state index contributed by atoms with van der Waals surface area (Å²) in [5.74, 6) is 0. The summed E-state index contributed by atoms with van der Waals surface area (Å²) in [7, 11) is 0. The second-order valence-electron chi connectivity index (χ2n) is 4.08. The summed E-state index contributed by atoms with van der Waals surface area (Å²) in [6, 6.07) is 0. The molecule has 1 aliphatic carbocycles. The van der Waals surface area contributed by atoms with E-state index in [0.29, 0.717) is 0 Å². The number of rotatable bonds is 4. The largest absolute Gasteiger partial charge is 0.772 e. The maximum atomic E-state index is 11.2. The molecule has 78 valence electrons. The lowest BCUT2D eigenvalue weighted by Crippen LogP contribution is -2.36. The average Bonchev–Trinajstić information content (AvgIpc) is 2.16. The van der Waals surface area contributed by atoms with E-state index in [2.05, 4.69) is 6.92 Å². The van der Waals surface area contributed by atoms with Crippen molar-refractivity contribution >= 4 is 11.1 Å². The zero-order chi connectivity index (χ0) is 9.73. The van der Waals surface area contributed by atoms with E-state index in [1.807, 2.05) is 0 Å².